The van der Waals surface area contributed by atoms with Gasteiger partial charge in [0, 0.05) is 38.4 Å². The van der Waals surface area contributed by atoms with E-state index in [0.717, 1.165) is 12.3 Å². The van der Waals surface area contributed by atoms with Gasteiger partial charge in [0.1, 0.15) is 11.6 Å². The van der Waals surface area contributed by atoms with Gasteiger partial charge in [-0.2, -0.15) is 13.2 Å². The van der Waals surface area contributed by atoms with Gasteiger partial charge in [0.15, 0.2) is 11.5 Å². The zero-order valence-corrected chi connectivity index (χ0v) is 18.4. The Morgan fingerprint density at radius 3 is 2.67 bits per heavy atom. The van der Waals surface area contributed by atoms with Gasteiger partial charge in [-0.1, -0.05) is 28.9 Å². The quantitative estimate of drug-likeness (QED) is 0.535. The molecule has 0 N–H and O–H groups in total. The van der Waals surface area contributed by atoms with E-state index >= 15 is 0 Å². The summed E-state index contributed by atoms with van der Waals surface area (Å²) >= 11 is 6.09. The predicted octanol–water partition coefficient (Wildman–Crippen LogP) is 4.77. The SMILES string of the molecule is COc1ccccc1-c1cc(C(=O)N2CCCN(c3ncc(C(F)(F)F)cc3Cl)CC2)no1. The zero-order chi connectivity index (χ0) is 23.6. The molecule has 1 fully saturated rings. The van der Waals surface area contributed by atoms with E-state index in [2.05, 4.69) is 10.1 Å². The first-order chi connectivity index (χ1) is 15.8. The van der Waals surface area contributed by atoms with Crippen molar-refractivity contribution in [2.24, 2.45) is 0 Å². The van der Waals surface area contributed by atoms with Crippen molar-refractivity contribution in [2.45, 2.75) is 12.6 Å². The fraction of sp³-hybridized carbons (Fsp3) is 0.318. The minimum absolute atomic E-state index is 0.0810. The van der Waals surface area contributed by atoms with E-state index in [4.69, 9.17) is 20.9 Å². The number of para-hydroxylation sites is 1. The van der Waals surface area contributed by atoms with Crippen molar-refractivity contribution in [1.29, 1.82) is 0 Å². The minimum atomic E-state index is -4.52. The summed E-state index contributed by atoms with van der Waals surface area (Å²) in [5.41, 5.74) is -0.0635. The van der Waals surface area contributed by atoms with Crippen LogP contribution < -0.4 is 9.64 Å². The van der Waals surface area contributed by atoms with Crippen LogP contribution in [0, 0.1) is 0 Å². The molecule has 7 nitrogen and oxygen atoms in total. The predicted molar refractivity (Wildman–Crippen MR) is 115 cm³/mol. The molecule has 1 aromatic carbocycles. The third kappa shape index (κ3) is 4.90. The lowest BCUT2D eigenvalue weighted by molar-refractivity contribution is -0.137. The van der Waals surface area contributed by atoms with Crippen molar-refractivity contribution in [3.63, 3.8) is 0 Å². The van der Waals surface area contributed by atoms with E-state index < -0.39 is 11.7 Å². The van der Waals surface area contributed by atoms with Gasteiger partial charge in [0.25, 0.3) is 5.91 Å². The minimum Gasteiger partial charge on any atom is -0.496 e. The lowest BCUT2D eigenvalue weighted by Gasteiger charge is -2.23. The maximum Gasteiger partial charge on any atom is 0.417 e. The summed E-state index contributed by atoms with van der Waals surface area (Å²) in [5, 5.41) is 3.84. The average Bonchev–Trinajstić information content (AvgIpc) is 3.16. The molecule has 2 aromatic heterocycles. The van der Waals surface area contributed by atoms with E-state index in [1.54, 1.807) is 35.1 Å². The second-order valence-corrected chi connectivity index (χ2v) is 7.84. The lowest BCUT2D eigenvalue weighted by atomic mass is 10.1. The Kier molecular flexibility index (Phi) is 6.46. The Labute approximate surface area is 192 Å². The van der Waals surface area contributed by atoms with Crippen molar-refractivity contribution < 1.29 is 27.2 Å². The van der Waals surface area contributed by atoms with Crippen LogP contribution in [-0.4, -0.2) is 54.2 Å². The molecule has 0 atom stereocenters. The number of hydrogen-bond acceptors (Lipinski definition) is 6. The molecule has 0 spiro atoms. The maximum absolute atomic E-state index is 13.0. The summed E-state index contributed by atoms with van der Waals surface area (Å²) in [6.45, 7) is 1.63. The van der Waals surface area contributed by atoms with Crippen LogP contribution in [0.2, 0.25) is 5.02 Å². The number of alkyl halides is 3. The summed E-state index contributed by atoms with van der Waals surface area (Å²) < 4.78 is 49.3. The molecule has 1 saturated heterocycles. The lowest BCUT2D eigenvalue weighted by Crippen LogP contribution is -2.35. The third-order valence-electron chi connectivity index (χ3n) is 5.33. The highest BCUT2D eigenvalue weighted by Gasteiger charge is 2.32. The Morgan fingerprint density at radius 2 is 1.94 bits per heavy atom. The maximum atomic E-state index is 13.0. The number of pyridine rings is 1. The number of ether oxygens (including phenoxy) is 1. The summed E-state index contributed by atoms with van der Waals surface area (Å²) in [7, 11) is 1.54. The first-order valence-corrected chi connectivity index (χ1v) is 10.5. The molecule has 0 radical (unpaired) electrons. The number of aromatic nitrogens is 2. The molecule has 0 unspecified atom stereocenters. The number of hydrogen-bond donors (Lipinski definition) is 0. The van der Waals surface area contributed by atoms with E-state index in [0.29, 0.717) is 49.7 Å². The summed E-state index contributed by atoms with van der Waals surface area (Å²) in [6.07, 6.45) is -3.16. The molecule has 4 rings (SSSR count). The first kappa shape index (κ1) is 22.9. The molecule has 11 heteroatoms. The van der Waals surface area contributed by atoms with Gasteiger partial charge < -0.3 is 19.1 Å². The molecule has 174 valence electrons. The van der Waals surface area contributed by atoms with Crippen LogP contribution in [0.25, 0.3) is 11.3 Å². The van der Waals surface area contributed by atoms with Crippen molar-refractivity contribution in [3.8, 4) is 17.1 Å². The van der Waals surface area contributed by atoms with Crippen LogP contribution in [0.15, 0.2) is 47.1 Å². The number of nitrogens with zero attached hydrogens (tertiary/aromatic N) is 4. The smallest absolute Gasteiger partial charge is 0.417 e. The van der Waals surface area contributed by atoms with E-state index in [9.17, 15) is 18.0 Å². The molecule has 1 aliphatic rings. The Hall–Kier alpha value is -3.27. The largest absolute Gasteiger partial charge is 0.496 e. The Morgan fingerprint density at radius 1 is 1.15 bits per heavy atom. The van der Waals surface area contributed by atoms with E-state index in [1.165, 1.54) is 0 Å². The number of anilines is 1. The number of halogens is 4. The van der Waals surface area contributed by atoms with Gasteiger partial charge in [0.2, 0.25) is 0 Å². The standard InChI is InChI=1S/C22H20ClF3N4O3/c1-32-18-6-3-2-5-15(18)19-12-17(28-33-19)21(31)30-8-4-7-29(9-10-30)20-16(23)11-14(13-27-20)22(24,25)26/h2-3,5-6,11-13H,4,7-10H2,1H3. The third-order valence-corrected chi connectivity index (χ3v) is 5.61. The Bertz CT molecular complexity index is 1150. The molecule has 3 aromatic rings. The number of methoxy groups -OCH3 is 1. The average molecular weight is 481 g/mol. The van der Waals surface area contributed by atoms with Crippen LogP contribution in [0.5, 0.6) is 5.75 Å². The fourth-order valence-corrected chi connectivity index (χ4v) is 3.95. The van der Waals surface area contributed by atoms with E-state index in [1.807, 2.05) is 12.1 Å². The molecule has 3 heterocycles. The molecule has 0 bridgehead atoms. The number of carbonyl (C=O) groups is 1. The van der Waals surface area contributed by atoms with Crippen molar-refractivity contribution in [2.75, 3.05) is 38.2 Å². The molecule has 0 aliphatic carbocycles. The highest BCUT2D eigenvalue weighted by molar-refractivity contribution is 6.33. The van der Waals surface area contributed by atoms with Gasteiger partial charge in [-0.3, -0.25) is 4.79 Å². The van der Waals surface area contributed by atoms with Crippen molar-refractivity contribution in [3.05, 3.63) is 58.9 Å². The van der Waals surface area contributed by atoms with Crippen LogP contribution >= 0.6 is 11.6 Å². The van der Waals surface area contributed by atoms with Crippen molar-refractivity contribution >= 4 is 23.3 Å². The molecular formula is C22H20ClF3N4O3. The fourth-order valence-electron chi connectivity index (χ4n) is 3.66. The Balaban J connectivity index is 1.46. The van der Waals surface area contributed by atoms with Crippen molar-refractivity contribution in [1.82, 2.24) is 15.0 Å². The second kappa shape index (κ2) is 9.30. The van der Waals surface area contributed by atoms with Gasteiger partial charge in [0.05, 0.1) is 23.3 Å². The van der Waals surface area contributed by atoms with Gasteiger partial charge in [-0.05, 0) is 24.6 Å². The monoisotopic (exact) mass is 480 g/mol. The topological polar surface area (TPSA) is 71.7 Å². The van der Waals surface area contributed by atoms with Gasteiger partial charge in [-0.15, -0.1) is 0 Å². The molecule has 0 saturated carbocycles. The molecular weight excluding hydrogens is 461 g/mol. The number of benzene rings is 1. The molecule has 33 heavy (non-hydrogen) atoms. The summed E-state index contributed by atoms with van der Waals surface area (Å²) in [6, 6.07) is 9.67. The summed E-state index contributed by atoms with van der Waals surface area (Å²) in [4.78, 5) is 20.3. The van der Waals surface area contributed by atoms with Gasteiger partial charge in [-0.25, -0.2) is 4.98 Å². The summed E-state index contributed by atoms with van der Waals surface area (Å²) in [5.74, 6) is 0.971. The number of amides is 1. The highest BCUT2D eigenvalue weighted by Crippen LogP contribution is 2.34. The number of carbonyl (C=O) groups excluding carboxylic acids is 1. The normalized spacial score (nSPS) is 14.8. The van der Waals surface area contributed by atoms with Crippen LogP contribution in [0.4, 0.5) is 19.0 Å². The van der Waals surface area contributed by atoms with Gasteiger partial charge >= 0.3 is 6.18 Å². The molecule has 1 aliphatic heterocycles. The second-order valence-electron chi connectivity index (χ2n) is 7.44. The van der Waals surface area contributed by atoms with Crippen LogP contribution in [0.3, 0.4) is 0 Å². The zero-order valence-electron chi connectivity index (χ0n) is 17.6. The molecule has 1 amide bonds. The van der Waals surface area contributed by atoms with Crippen LogP contribution in [0.1, 0.15) is 22.5 Å². The highest BCUT2D eigenvalue weighted by atomic mass is 35.5. The van der Waals surface area contributed by atoms with Crippen LogP contribution in [-0.2, 0) is 6.18 Å². The van der Waals surface area contributed by atoms with E-state index in [-0.39, 0.29) is 22.4 Å². The number of rotatable bonds is 4. The first-order valence-electron chi connectivity index (χ1n) is 10.1.